The van der Waals surface area contributed by atoms with Crippen molar-refractivity contribution in [3.63, 3.8) is 0 Å². The van der Waals surface area contributed by atoms with Gasteiger partial charge < -0.3 is 4.74 Å². The first-order chi connectivity index (χ1) is 7.19. The minimum atomic E-state index is 0.253. The summed E-state index contributed by atoms with van der Waals surface area (Å²) < 4.78 is 5.13. The standard InChI is InChI=1S/C12H17NOS/c1-6-9-15-12(11(8-3)14-5)13-10(4)7-2/h1,10H,3,7,9H2,2,4-5H3. The lowest BCUT2D eigenvalue weighted by Crippen LogP contribution is -2.06. The summed E-state index contributed by atoms with van der Waals surface area (Å²) >= 11 is 1.47. The summed E-state index contributed by atoms with van der Waals surface area (Å²) in [5.74, 6) is 3.70. The van der Waals surface area contributed by atoms with Crippen molar-refractivity contribution in [2.75, 3.05) is 12.9 Å². The Labute approximate surface area is 96.5 Å². The number of terminal acetylenes is 1. The highest BCUT2D eigenvalue weighted by Crippen LogP contribution is 2.14. The van der Waals surface area contributed by atoms with E-state index in [-0.39, 0.29) is 6.04 Å². The molecule has 2 nitrogen and oxygen atoms in total. The predicted octanol–water partition coefficient (Wildman–Crippen LogP) is 2.87. The van der Waals surface area contributed by atoms with Crippen LogP contribution in [0.3, 0.4) is 0 Å². The van der Waals surface area contributed by atoms with Gasteiger partial charge in [0.05, 0.1) is 12.9 Å². The molecule has 0 N–H and O–H groups in total. The summed E-state index contributed by atoms with van der Waals surface area (Å²) in [4.78, 5) is 4.49. The van der Waals surface area contributed by atoms with Crippen LogP contribution >= 0.6 is 11.8 Å². The van der Waals surface area contributed by atoms with Gasteiger partial charge in [-0.05, 0) is 13.3 Å². The van der Waals surface area contributed by atoms with E-state index in [1.807, 2.05) is 6.92 Å². The molecular weight excluding hydrogens is 206 g/mol. The normalized spacial score (nSPS) is 12.5. The average molecular weight is 223 g/mol. The van der Waals surface area contributed by atoms with Gasteiger partial charge in [0, 0.05) is 6.04 Å². The molecule has 0 aromatic carbocycles. The van der Waals surface area contributed by atoms with Crippen LogP contribution in [-0.2, 0) is 4.74 Å². The van der Waals surface area contributed by atoms with E-state index in [2.05, 4.69) is 30.1 Å². The zero-order chi connectivity index (χ0) is 11.7. The molecule has 0 bridgehead atoms. The average Bonchev–Trinajstić information content (AvgIpc) is 2.26. The molecule has 0 fully saturated rings. The zero-order valence-electron chi connectivity index (χ0n) is 9.54. The highest BCUT2D eigenvalue weighted by molar-refractivity contribution is 8.14. The number of rotatable bonds is 5. The smallest absolute Gasteiger partial charge is 0.193 e. The van der Waals surface area contributed by atoms with Crippen molar-refractivity contribution in [1.29, 1.82) is 0 Å². The summed E-state index contributed by atoms with van der Waals surface area (Å²) in [5.41, 5.74) is 2.71. The molecule has 0 radical (unpaired) electrons. The molecule has 0 heterocycles. The quantitative estimate of drug-likeness (QED) is 0.235. The Bertz CT molecular complexity index is 308. The number of ether oxygens (including phenoxy) is 1. The SMILES string of the molecule is C#CCSC(=NC(C)CC)C(=C=C)OC. The third kappa shape index (κ3) is 5.37. The minimum absolute atomic E-state index is 0.253. The first kappa shape index (κ1) is 13.9. The molecule has 0 amide bonds. The summed E-state index contributed by atoms with van der Waals surface area (Å²) in [6.07, 6.45) is 6.19. The van der Waals surface area contributed by atoms with Gasteiger partial charge in [0.2, 0.25) is 0 Å². The Kier molecular flexibility index (Phi) is 7.62. The van der Waals surface area contributed by atoms with E-state index in [0.29, 0.717) is 11.5 Å². The van der Waals surface area contributed by atoms with Crippen LogP contribution in [0.4, 0.5) is 0 Å². The fourth-order valence-electron chi connectivity index (χ4n) is 0.798. The molecule has 0 rings (SSSR count). The Morgan fingerprint density at radius 1 is 1.67 bits per heavy atom. The van der Waals surface area contributed by atoms with Crippen molar-refractivity contribution in [3.8, 4) is 12.3 Å². The molecule has 3 heteroatoms. The van der Waals surface area contributed by atoms with E-state index < -0.39 is 0 Å². The zero-order valence-corrected chi connectivity index (χ0v) is 10.4. The van der Waals surface area contributed by atoms with Gasteiger partial charge in [0.1, 0.15) is 5.04 Å². The number of hydrogen-bond donors (Lipinski definition) is 0. The van der Waals surface area contributed by atoms with Crippen molar-refractivity contribution >= 4 is 16.8 Å². The number of aliphatic imine (C=N–C) groups is 1. The van der Waals surface area contributed by atoms with Crippen LogP contribution < -0.4 is 0 Å². The number of hydrogen-bond acceptors (Lipinski definition) is 3. The molecule has 0 saturated heterocycles. The van der Waals surface area contributed by atoms with Crippen molar-refractivity contribution in [3.05, 3.63) is 18.1 Å². The molecule has 82 valence electrons. The Hall–Kier alpha value is -1.10. The lowest BCUT2D eigenvalue weighted by atomic mass is 10.3. The monoisotopic (exact) mass is 223 g/mol. The van der Waals surface area contributed by atoms with E-state index in [1.165, 1.54) is 11.8 Å². The lowest BCUT2D eigenvalue weighted by Gasteiger charge is -2.09. The van der Waals surface area contributed by atoms with E-state index in [0.717, 1.165) is 11.5 Å². The molecule has 0 aliphatic carbocycles. The van der Waals surface area contributed by atoms with Gasteiger partial charge in [-0.1, -0.05) is 36.9 Å². The number of methoxy groups -OCH3 is 1. The third-order valence-electron chi connectivity index (χ3n) is 1.78. The van der Waals surface area contributed by atoms with Gasteiger partial charge in [-0.25, -0.2) is 0 Å². The van der Waals surface area contributed by atoms with Gasteiger partial charge in [0.25, 0.3) is 0 Å². The summed E-state index contributed by atoms with van der Waals surface area (Å²) in [7, 11) is 1.58. The largest absolute Gasteiger partial charge is 0.487 e. The second kappa shape index (κ2) is 8.23. The highest BCUT2D eigenvalue weighted by Gasteiger charge is 2.08. The first-order valence-electron chi connectivity index (χ1n) is 4.78. The molecule has 0 aliphatic heterocycles. The molecule has 0 aliphatic rings. The Morgan fingerprint density at radius 2 is 2.33 bits per heavy atom. The molecule has 0 aromatic rings. The molecule has 15 heavy (non-hydrogen) atoms. The lowest BCUT2D eigenvalue weighted by molar-refractivity contribution is 0.317. The molecule has 0 spiro atoms. The predicted molar refractivity (Wildman–Crippen MR) is 68.1 cm³/mol. The Morgan fingerprint density at radius 3 is 2.73 bits per heavy atom. The van der Waals surface area contributed by atoms with Crippen molar-refractivity contribution < 1.29 is 4.74 Å². The fourth-order valence-corrected chi connectivity index (χ4v) is 1.56. The number of nitrogens with zero attached hydrogens (tertiary/aromatic N) is 1. The second-order valence-electron chi connectivity index (χ2n) is 2.89. The van der Waals surface area contributed by atoms with Crippen LogP contribution in [0.5, 0.6) is 0 Å². The first-order valence-corrected chi connectivity index (χ1v) is 5.76. The Balaban J connectivity index is 4.80. The molecule has 0 saturated carbocycles. The van der Waals surface area contributed by atoms with Crippen molar-refractivity contribution in [2.24, 2.45) is 4.99 Å². The summed E-state index contributed by atoms with van der Waals surface area (Å²) in [5, 5.41) is 0.778. The van der Waals surface area contributed by atoms with Crippen LogP contribution in [0.25, 0.3) is 0 Å². The second-order valence-corrected chi connectivity index (χ2v) is 3.86. The van der Waals surface area contributed by atoms with Gasteiger partial charge >= 0.3 is 0 Å². The maximum atomic E-state index is 5.21. The maximum Gasteiger partial charge on any atom is 0.193 e. The van der Waals surface area contributed by atoms with Crippen molar-refractivity contribution in [1.82, 2.24) is 0 Å². The summed E-state index contributed by atoms with van der Waals surface area (Å²) in [6, 6.07) is 0.253. The molecule has 1 unspecified atom stereocenters. The van der Waals surface area contributed by atoms with E-state index in [4.69, 9.17) is 11.2 Å². The fraction of sp³-hybridized carbons (Fsp3) is 0.500. The minimum Gasteiger partial charge on any atom is -0.487 e. The van der Waals surface area contributed by atoms with E-state index in [9.17, 15) is 0 Å². The topological polar surface area (TPSA) is 21.6 Å². The van der Waals surface area contributed by atoms with E-state index in [1.54, 1.807) is 7.11 Å². The van der Waals surface area contributed by atoms with Crippen LogP contribution in [0, 0.1) is 12.3 Å². The molecular formula is C12H17NOS. The van der Waals surface area contributed by atoms with Gasteiger partial charge in [-0.3, -0.25) is 4.99 Å². The van der Waals surface area contributed by atoms with Crippen molar-refractivity contribution in [2.45, 2.75) is 26.3 Å². The van der Waals surface area contributed by atoms with Crippen LogP contribution in [-0.4, -0.2) is 23.9 Å². The van der Waals surface area contributed by atoms with Crippen LogP contribution in [0.15, 0.2) is 23.1 Å². The maximum absolute atomic E-state index is 5.21. The van der Waals surface area contributed by atoms with Crippen LogP contribution in [0.1, 0.15) is 20.3 Å². The highest BCUT2D eigenvalue weighted by atomic mass is 32.2. The van der Waals surface area contributed by atoms with Gasteiger partial charge in [-0.15, -0.1) is 6.42 Å². The summed E-state index contributed by atoms with van der Waals surface area (Å²) in [6.45, 7) is 7.69. The van der Waals surface area contributed by atoms with Gasteiger partial charge in [-0.2, -0.15) is 0 Å². The number of thioether (sulfide) groups is 1. The van der Waals surface area contributed by atoms with Crippen LogP contribution in [0.2, 0.25) is 0 Å². The molecule has 0 aromatic heterocycles. The van der Waals surface area contributed by atoms with E-state index >= 15 is 0 Å². The van der Waals surface area contributed by atoms with Gasteiger partial charge in [0.15, 0.2) is 5.76 Å². The molecule has 1 atom stereocenters. The third-order valence-corrected chi connectivity index (χ3v) is 2.65.